The molecule has 0 aliphatic heterocycles. The predicted octanol–water partition coefficient (Wildman–Crippen LogP) is 5.40. The smallest absolute Gasteiger partial charge is 0.308 e. The van der Waals surface area contributed by atoms with Crippen LogP contribution in [0.1, 0.15) is 17.7 Å². The van der Waals surface area contributed by atoms with Gasteiger partial charge in [-0.1, -0.05) is 48.0 Å². The van der Waals surface area contributed by atoms with Gasteiger partial charge in [-0.3, -0.25) is 9.36 Å². The maximum Gasteiger partial charge on any atom is 0.308 e. The van der Waals surface area contributed by atoms with E-state index in [-0.39, 0.29) is 18.9 Å². The Labute approximate surface area is 200 Å². The highest BCUT2D eigenvalue weighted by Crippen LogP contribution is 2.29. The third kappa shape index (κ3) is 4.57. The van der Waals surface area contributed by atoms with E-state index in [1.165, 1.54) is 0 Å². The number of benzene rings is 3. The van der Waals surface area contributed by atoms with Crippen LogP contribution in [-0.4, -0.2) is 25.5 Å². The Hall–Kier alpha value is -3.94. The molecule has 7 nitrogen and oxygen atoms in total. The minimum absolute atomic E-state index is 0.0854. The van der Waals surface area contributed by atoms with Crippen molar-refractivity contribution in [3.8, 4) is 17.3 Å². The number of nitrogens with zero attached hydrogens (tertiary/aromatic N) is 3. The first-order chi connectivity index (χ1) is 16.6. The SMILES string of the molecule is O=C(CCc1oc(-n2cnc3ccccc32)nc1-c1ccc(Cl)cc1)Nc1cccc(CO)c1. The summed E-state index contributed by atoms with van der Waals surface area (Å²) in [6.45, 7) is -0.0854. The van der Waals surface area contributed by atoms with Crippen molar-refractivity contribution in [3.63, 3.8) is 0 Å². The van der Waals surface area contributed by atoms with E-state index in [9.17, 15) is 9.90 Å². The summed E-state index contributed by atoms with van der Waals surface area (Å²) in [5.41, 5.74) is 4.57. The molecule has 0 aliphatic rings. The second-order valence-corrected chi connectivity index (χ2v) is 8.22. The molecule has 2 N–H and O–H groups in total. The molecule has 5 aromatic rings. The molecule has 0 atom stereocenters. The summed E-state index contributed by atoms with van der Waals surface area (Å²) in [6.07, 6.45) is 2.22. The van der Waals surface area contributed by atoms with Crippen molar-refractivity contribution in [3.05, 3.63) is 95.5 Å². The number of rotatable bonds is 7. The Balaban J connectivity index is 1.43. The molecule has 0 unspecified atom stereocenters. The van der Waals surface area contributed by atoms with Gasteiger partial charge in [-0.25, -0.2) is 4.98 Å². The molecule has 1 amide bonds. The molecule has 0 saturated carbocycles. The maximum absolute atomic E-state index is 12.6. The normalized spacial score (nSPS) is 11.1. The van der Waals surface area contributed by atoms with Gasteiger partial charge < -0.3 is 14.8 Å². The van der Waals surface area contributed by atoms with Crippen LogP contribution in [0, 0.1) is 0 Å². The van der Waals surface area contributed by atoms with Gasteiger partial charge in [0, 0.05) is 29.1 Å². The lowest BCUT2D eigenvalue weighted by Crippen LogP contribution is -2.12. The van der Waals surface area contributed by atoms with Gasteiger partial charge in [0.1, 0.15) is 17.8 Å². The molecule has 170 valence electrons. The lowest BCUT2D eigenvalue weighted by molar-refractivity contribution is -0.116. The van der Waals surface area contributed by atoms with Gasteiger partial charge in [-0.05, 0) is 42.0 Å². The van der Waals surface area contributed by atoms with Crippen LogP contribution in [0.15, 0.2) is 83.5 Å². The molecule has 0 spiro atoms. The third-order valence-electron chi connectivity index (χ3n) is 5.44. The number of fused-ring (bicyclic) bond motifs is 1. The number of aliphatic hydroxyl groups excluding tert-OH is 1. The van der Waals surface area contributed by atoms with Crippen LogP contribution in [-0.2, 0) is 17.8 Å². The van der Waals surface area contributed by atoms with Gasteiger partial charge in [-0.15, -0.1) is 0 Å². The quantitative estimate of drug-likeness (QED) is 0.331. The predicted molar refractivity (Wildman–Crippen MR) is 131 cm³/mol. The number of hydrogen-bond acceptors (Lipinski definition) is 5. The number of amides is 1. The fraction of sp³-hybridized carbons (Fsp3) is 0.115. The number of aryl methyl sites for hydroxylation is 1. The number of oxazole rings is 1. The summed E-state index contributed by atoms with van der Waals surface area (Å²) in [5, 5.41) is 12.8. The summed E-state index contributed by atoms with van der Waals surface area (Å²) in [7, 11) is 0. The number of hydrogen-bond donors (Lipinski definition) is 2. The summed E-state index contributed by atoms with van der Waals surface area (Å²) in [4.78, 5) is 21.8. The Morgan fingerprint density at radius 1 is 1.06 bits per heavy atom. The monoisotopic (exact) mass is 472 g/mol. The Bertz CT molecular complexity index is 1460. The zero-order chi connectivity index (χ0) is 23.5. The van der Waals surface area contributed by atoms with Crippen LogP contribution in [0.25, 0.3) is 28.3 Å². The van der Waals surface area contributed by atoms with Crippen molar-refractivity contribution in [2.75, 3.05) is 5.32 Å². The molecule has 8 heteroatoms. The fourth-order valence-electron chi connectivity index (χ4n) is 3.75. The van der Waals surface area contributed by atoms with E-state index >= 15 is 0 Å². The van der Waals surface area contributed by atoms with Crippen molar-refractivity contribution >= 4 is 34.2 Å². The van der Waals surface area contributed by atoms with Crippen LogP contribution in [0.3, 0.4) is 0 Å². The molecule has 0 radical (unpaired) electrons. The minimum Gasteiger partial charge on any atom is -0.427 e. The van der Waals surface area contributed by atoms with E-state index in [0.717, 1.165) is 22.2 Å². The van der Waals surface area contributed by atoms with E-state index < -0.39 is 0 Å². The van der Waals surface area contributed by atoms with E-state index in [0.29, 0.717) is 34.6 Å². The summed E-state index contributed by atoms with van der Waals surface area (Å²) >= 11 is 6.07. The number of imidazole rings is 1. The molecule has 0 fully saturated rings. The molecule has 2 heterocycles. The van der Waals surface area contributed by atoms with Crippen LogP contribution < -0.4 is 5.32 Å². The van der Waals surface area contributed by atoms with Crippen LogP contribution in [0.5, 0.6) is 0 Å². The number of para-hydroxylation sites is 2. The Morgan fingerprint density at radius 3 is 2.71 bits per heavy atom. The molecule has 0 bridgehead atoms. The largest absolute Gasteiger partial charge is 0.427 e. The number of anilines is 1. The molecule has 0 saturated heterocycles. The van der Waals surface area contributed by atoms with Gasteiger partial charge in [0.2, 0.25) is 5.91 Å². The van der Waals surface area contributed by atoms with E-state index in [2.05, 4.69) is 10.3 Å². The topological polar surface area (TPSA) is 93.2 Å². The fourth-order valence-corrected chi connectivity index (χ4v) is 3.88. The maximum atomic E-state index is 12.6. The minimum atomic E-state index is -0.164. The van der Waals surface area contributed by atoms with Crippen molar-refractivity contribution in [2.45, 2.75) is 19.4 Å². The van der Waals surface area contributed by atoms with Gasteiger partial charge in [-0.2, -0.15) is 4.98 Å². The number of aliphatic hydroxyl groups is 1. The average Bonchev–Trinajstić information content (AvgIpc) is 3.47. The van der Waals surface area contributed by atoms with Gasteiger partial charge in [0.25, 0.3) is 0 Å². The lowest BCUT2D eigenvalue weighted by Gasteiger charge is -2.06. The molecule has 2 aromatic heterocycles. The molecule has 3 aromatic carbocycles. The molecule has 5 rings (SSSR count). The Morgan fingerprint density at radius 2 is 1.88 bits per heavy atom. The zero-order valence-electron chi connectivity index (χ0n) is 18.1. The van der Waals surface area contributed by atoms with E-state index in [4.69, 9.17) is 21.0 Å². The average molecular weight is 473 g/mol. The van der Waals surface area contributed by atoms with Crippen LogP contribution >= 0.6 is 11.6 Å². The number of halogens is 1. The standard InChI is InChI=1S/C26H21ClN4O3/c27-19-10-8-18(9-11-19)25-23(12-13-24(33)29-20-5-3-4-17(14-20)15-32)34-26(30-25)31-16-28-21-6-1-2-7-22(21)31/h1-11,14,16,32H,12-13,15H2,(H,29,33). The number of nitrogens with one attached hydrogen (secondary N) is 1. The second-order valence-electron chi connectivity index (χ2n) is 7.79. The summed E-state index contributed by atoms with van der Waals surface area (Å²) < 4.78 is 7.95. The van der Waals surface area contributed by atoms with Crippen molar-refractivity contribution < 1.29 is 14.3 Å². The first-order valence-corrected chi connectivity index (χ1v) is 11.2. The lowest BCUT2D eigenvalue weighted by atomic mass is 10.1. The zero-order valence-corrected chi connectivity index (χ0v) is 18.9. The van der Waals surface area contributed by atoms with E-state index in [1.54, 1.807) is 47.3 Å². The van der Waals surface area contributed by atoms with Gasteiger partial charge in [0.05, 0.1) is 17.6 Å². The van der Waals surface area contributed by atoms with Crippen LogP contribution in [0.4, 0.5) is 5.69 Å². The summed E-state index contributed by atoms with van der Waals surface area (Å²) in [5.74, 6) is 0.428. The molecule has 34 heavy (non-hydrogen) atoms. The van der Waals surface area contributed by atoms with Gasteiger partial charge >= 0.3 is 6.01 Å². The Kier molecular flexibility index (Phi) is 6.12. The van der Waals surface area contributed by atoms with Crippen molar-refractivity contribution in [2.24, 2.45) is 0 Å². The molecular formula is C26H21ClN4O3. The van der Waals surface area contributed by atoms with Crippen molar-refractivity contribution in [1.29, 1.82) is 0 Å². The highest BCUT2D eigenvalue weighted by Gasteiger charge is 2.19. The first-order valence-electron chi connectivity index (χ1n) is 10.8. The highest BCUT2D eigenvalue weighted by molar-refractivity contribution is 6.30. The van der Waals surface area contributed by atoms with Crippen molar-refractivity contribution in [1.82, 2.24) is 14.5 Å². The highest BCUT2D eigenvalue weighted by atomic mass is 35.5. The second kappa shape index (κ2) is 9.51. The van der Waals surface area contributed by atoms with Gasteiger partial charge in [0.15, 0.2) is 0 Å². The number of carbonyl (C=O) groups excluding carboxylic acids is 1. The number of aromatic nitrogens is 3. The summed E-state index contributed by atoms with van der Waals surface area (Å²) in [6, 6.07) is 22.6. The van der Waals surface area contributed by atoms with E-state index in [1.807, 2.05) is 36.4 Å². The molecular weight excluding hydrogens is 452 g/mol. The first kappa shape index (κ1) is 21.9. The number of carbonyl (C=O) groups is 1. The van der Waals surface area contributed by atoms with Crippen LogP contribution in [0.2, 0.25) is 5.02 Å². The third-order valence-corrected chi connectivity index (χ3v) is 5.69. The molecule has 0 aliphatic carbocycles.